The topological polar surface area (TPSA) is 83.9 Å². The van der Waals surface area contributed by atoms with Crippen molar-refractivity contribution < 1.29 is 28.6 Å². The molecule has 1 aromatic rings. The van der Waals surface area contributed by atoms with Crippen LogP contribution in [-0.4, -0.2) is 34.9 Å². The Balaban J connectivity index is 2.47. The molecule has 6 nitrogen and oxygen atoms in total. The standard InChI is InChI=1S/C13H10FNO5/c1-20-7-2-3-8(9(14)6-7)12(13(18)19)15-10(16)4-5-11(15)17/h2-6,12H,1H3,(H,18,19). The smallest absolute Gasteiger partial charge is 0.331 e. The van der Waals surface area contributed by atoms with Crippen LogP contribution < -0.4 is 4.74 Å². The molecule has 0 aromatic heterocycles. The number of carbonyl (C=O) groups is 3. The molecule has 1 N–H and O–H groups in total. The van der Waals surface area contributed by atoms with Crippen molar-refractivity contribution >= 4 is 17.8 Å². The summed E-state index contributed by atoms with van der Waals surface area (Å²) in [6, 6.07) is 1.80. The van der Waals surface area contributed by atoms with Gasteiger partial charge in [-0.15, -0.1) is 0 Å². The van der Waals surface area contributed by atoms with Crippen LogP contribution in [0.15, 0.2) is 30.4 Å². The van der Waals surface area contributed by atoms with E-state index in [1.165, 1.54) is 19.2 Å². The van der Waals surface area contributed by atoms with Crippen molar-refractivity contribution in [3.63, 3.8) is 0 Å². The van der Waals surface area contributed by atoms with E-state index in [0.717, 1.165) is 18.2 Å². The Bertz CT molecular complexity index is 607. The van der Waals surface area contributed by atoms with Crippen molar-refractivity contribution in [2.45, 2.75) is 6.04 Å². The SMILES string of the molecule is COc1ccc(C(C(=O)O)N2C(=O)C=CC2=O)c(F)c1. The summed E-state index contributed by atoms with van der Waals surface area (Å²) in [7, 11) is 1.33. The fourth-order valence-electron chi connectivity index (χ4n) is 1.91. The number of hydrogen-bond acceptors (Lipinski definition) is 4. The molecule has 0 saturated heterocycles. The molecule has 1 atom stereocenters. The van der Waals surface area contributed by atoms with Gasteiger partial charge in [-0.3, -0.25) is 14.5 Å². The van der Waals surface area contributed by atoms with Crippen LogP contribution in [0, 0.1) is 5.82 Å². The van der Waals surface area contributed by atoms with Crippen LogP contribution in [-0.2, 0) is 14.4 Å². The predicted molar refractivity (Wildman–Crippen MR) is 64.3 cm³/mol. The van der Waals surface area contributed by atoms with Crippen LogP contribution in [0.3, 0.4) is 0 Å². The summed E-state index contributed by atoms with van der Waals surface area (Å²) in [5.41, 5.74) is -0.288. The van der Waals surface area contributed by atoms with Crippen molar-refractivity contribution in [2.24, 2.45) is 0 Å². The van der Waals surface area contributed by atoms with Gasteiger partial charge in [0, 0.05) is 23.8 Å². The van der Waals surface area contributed by atoms with Crippen molar-refractivity contribution in [1.29, 1.82) is 0 Å². The van der Waals surface area contributed by atoms with E-state index in [9.17, 15) is 23.9 Å². The van der Waals surface area contributed by atoms with Crippen LogP contribution in [0.1, 0.15) is 11.6 Å². The number of amides is 2. The van der Waals surface area contributed by atoms with E-state index < -0.39 is 29.6 Å². The number of ether oxygens (including phenoxy) is 1. The second-order valence-electron chi connectivity index (χ2n) is 4.01. The number of imide groups is 1. The minimum Gasteiger partial charge on any atom is -0.497 e. The largest absolute Gasteiger partial charge is 0.497 e. The molecule has 0 saturated carbocycles. The lowest BCUT2D eigenvalue weighted by Crippen LogP contribution is -2.39. The zero-order chi connectivity index (χ0) is 14.9. The van der Waals surface area contributed by atoms with E-state index in [4.69, 9.17) is 4.74 Å². The zero-order valence-electron chi connectivity index (χ0n) is 10.4. The Morgan fingerprint density at radius 1 is 1.30 bits per heavy atom. The fraction of sp³-hybridized carbons (Fsp3) is 0.154. The fourth-order valence-corrected chi connectivity index (χ4v) is 1.91. The van der Waals surface area contributed by atoms with Gasteiger partial charge < -0.3 is 9.84 Å². The molecular weight excluding hydrogens is 269 g/mol. The third-order valence-corrected chi connectivity index (χ3v) is 2.84. The molecule has 20 heavy (non-hydrogen) atoms. The third kappa shape index (κ3) is 2.25. The molecule has 2 amide bonds. The normalized spacial score (nSPS) is 15.6. The molecule has 104 valence electrons. The Morgan fingerprint density at radius 2 is 1.90 bits per heavy atom. The lowest BCUT2D eigenvalue weighted by atomic mass is 10.0. The maximum absolute atomic E-state index is 13.9. The molecule has 2 rings (SSSR count). The molecule has 1 aliphatic heterocycles. The highest BCUT2D eigenvalue weighted by Crippen LogP contribution is 2.28. The number of benzene rings is 1. The number of hydrogen-bond donors (Lipinski definition) is 1. The molecule has 1 unspecified atom stereocenters. The molecule has 0 bridgehead atoms. The molecule has 0 spiro atoms. The highest BCUT2D eigenvalue weighted by molar-refractivity contribution is 6.14. The van der Waals surface area contributed by atoms with Crippen LogP contribution in [0.25, 0.3) is 0 Å². The lowest BCUT2D eigenvalue weighted by Gasteiger charge is -2.23. The summed E-state index contributed by atoms with van der Waals surface area (Å²) in [6.45, 7) is 0. The molecular formula is C13H10FNO5. The first-order valence-corrected chi connectivity index (χ1v) is 5.57. The first-order chi connectivity index (χ1) is 9.45. The number of rotatable bonds is 4. The summed E-state index contributed by atoms with van der Waals surface area (Å²) >= 11 is 0. The first-order valence-electron chi connectivity index (χ1n) is 5.57. The average molecular weight is 279 g/mol. The number of carbonyl (C=O) groups excluding carboxylic acids is 2. The summed E-state index contributed by atoms with van der Waals surface area (Å²) in [5.74, 6) is -3.76. The zero-order valence-corrected chi connectivity index (χ0v) is 10.4. The summed E-state index contributed by atoms with van der Waals surface area (Å²) in [6.07, 6.45) is 1.89. The Morgan fingerprint density at radius 3 is 2.35 bits per heavy atom. The van der Waals surface area contributed by atoms with Gasteiger partial charge in [-0.1, -0.05) is 0 Å². The first kappa shape index (κ1) is 13.7. The number of methoxy groups -OCH3 is 1. The number of carboxylic acid groups (broad SMARTS) is 1. The van der Waals surface area contributed by atoms with Gasteiger partial charge in [-0.05, 0) is 12.1 Å². The molecule has 1 heterocycles. The molecule has 7 heteroatoms. The van der Waals surface area contributed by atoms with Crippen LogP contribution in [0.5, 0.6) is 5.75 Å². The van der Waals surface area contributed by atoms with E-state index in [2.05, 4.69) is 0 Å². The van der Waals surface area contributed by atoms with Crippen molar-refractivity contribution in [3.05, 3.63) is 41.7 Å². The summed E-state index contributed by atoms with van der Waals surface area (Å²) in [4.78, 5) is 34.9. The van der Waals surface area contributed by atoms with Gasteiger partial charge >= 0.3 is 5.97 Å². The number of nitrogens with zero attached hydrogens (tertiary/aromatic N) is 1. The van der Waals surface area contributed by atoms with Crippen LogP contribution in [0.4, 0.5) is 4.39 Å². The highest BCUT2D eigenvalue weighted by atomic mass is 19.1. The van der Waals surface area contributed by atoms with Gasteiger partial charge in [0.25, 0.3) is 11.8 Å². The van der Waals surface area contributed by atoms with Gasteiger partial charge in [0.2, 0.25) is 0 Å². The van der Waals surface area contributed by atoms with E-state index in [-0.39, 0.29) is 11.3 Å². The summed E-state index contributed by atoms with van der Waals surface area (Å²) in [5, 5.41) is 9.20. The maximum atomic E-state index is 13.9. The Hall–Kier alpha value is -2.70. The maximum Gasteiger partial charge on any atom is 0.331 e. The highest BCUT2D eigenvalue weighted by Gasteiger charge is 2.38. The molecule has 1 aromatic carbocycles. The van der Waals surface area contributed by atoms with Crippen LogP contribution >= 0.6 is 0 Å². The van der Waals surface area contributed by atoms with E-state index >= 15 is 0 Å². The van der Waals surface area contributed by atoms with Gasteiger partial charge in [-0.25, -0.2) is 9.18 Å². The van der Waals surface area contributed by atoms with Crippen molar-refractivity contribution in [1.82, 2.24) is 4.90 Å². The quantitative estimate of drug-likeness (QED) is 0.827. The number of halogens is 1. The minimum atomic E-state index is -1.71. The molecule has 0 fully saturated rings. The molecule has 0 aliphatic carbocycles. The Kier molecular flexibility index (Phi) is 3.51. The van der Waals surface area contributed by atoms with Crippen molar-refractivity contribution in [3.8, 4) is 5.75 Å². The minimum absolute atomic E-state index is 0.201. The average Bonchev–Trinajstić information content (AvgIpc) is 2.72. The second kappa shape index (κ2) is 5.12. The van der Waals surface area contributed by atoms with Crippen molar-refractivity contribution in [2.75, 3.05) is 7.11 Å². The van der Waals surface area contributed by atoms with E-state index in [0.29, 0.717) is 4.90 Å². The lowest BCUT2D eigenvalue weighted by molar-refractivity contribution is -0.153. The van der Waals surface area contributed by atoms with Crippen LogP contribution in [0.2, 0.25) is 0 Å². The van der Waals surface area contributed by atoms with E-state index in [1.807, 2.05) is 0 Å². The monoisotopic (exact) mass is 279 g/mol. The van der Waals surface area contributed by atoms with E-state index in [1.54, 1.807) is 0 Å². The number of aliphatic carboxylic acids is 1. The third-order valence-electron chi connectivity index (χ3n) is 2.84. The van der Waals surface area contributed by atoms with Gasteiger partial charge in [-0.2, -0.15) is 0 Å². The van der Waals surface area contributed by atoms with Gasteiger partial charge in [0.15, 0.2) is 6.04 Å². The second-order valence-corrected chi connectivity index (χ2v) is 4.01. The Labute approximate surface area is 113 Å². The van der Waals surface area contributed by atoms with Gasteiger partial charge in [0.1, 0.15) is 11.6 Å². The molecule has 0 radical (unpaired) electrons. The number of carboxylic acids is 1. The summed E-state index contributed by atoms with van der Waals surface area (Å²) < 4.78 is 18.8. The van der Waals surface area contributed by atoms with Gasteiger partial charge in [0.05, 0.1) is 7.11 Å². The predicted octanol–water partition coefficient (Wildman–Crippen LogP) is 0.885. The molecule has 1 aliphatic rings.